The van der Waals surface area contributed by atoms with E-state index in [1.807, 2.05) is 29.2 Å². The van der Waals surface area contributed by atoms with Crippen molar-refractivity contribution in [3.63, 3.8) is 0 Å². The maximum absolute atomic E-state index is 12.5. The monoisotopic (exact) mass is 283 g/mol. The summed E-state index contributed by atoms with van der Waals surface area (Å²) in [7, 11) is 1.68. The summed E-state index contributed by atoms with van der Waals surface area (Å²) in [6, 6.07) is 14.1. The molecule has 0 radical (unpaired) electrons. The molecule has 1 atom stereocenters. The van der Waals surface area contributed by atoms with Crippen molar-refractivity contribution in [3.05, 3.63) is 59.2 Å². The number of hydrogen-bond donors (Lipinski definition) is 0. The number of hydrogen-bond acceptors (Lipinski definition) is 3. The molecule has 1 unspecified atom stereocenters. The molecule has 0 fully saturated rings. The van der Waals surface area contributed by atoms with Gasteiger partial charge in [0.25, 0.3) is 5.91 Å². The number of ether oxygens (including phenoxy) is 1. The summed E-state index contributed by atoms with van der Waals surface area (Å²) in [5.41, 5.74) is 3.14. The Bertz CT molecular complexity index is 713. The Morgan fingerprint density at radius 3 is 2.90 bits per heavy atom. The third kappa shape index (κ3) is 1.51. The molecule has 4 heteroatoms. The smallest absolute Gasteiger partial charge is 0.255 e. The van der Waals surface area contributed by atoms with Gasteiger partial charge in [-0.1, -0.05) is 24.3 Å². The van der Waals surface area contributed by atoms with Crippen molar-refractivity contribution in [1.29, 1.82) is 0 Å². The van der Waals surface area contributed by atoms with Crippen molar-refractivity contribution in [3.8, 4) is 5.75 Å². The third-order valence-corrected chi connectivity index (χ3v) is 5.00. The van der Waals surface area contributed by atoms with Crippen molar-refractivity contribution in [1.82, 2.24) is 4.90 Å². The van der Waals surface area contributed by atoms with Crippen LogP contribution in [0.5, 0.6) is 5.75 Å². The SMILES string of the molecule is COc1ccc2c(c1)SCN1C(=O)c3ccccc3C21. The molecule has 0 saturated heterocycles. The number of amides is 1. The van der Waals surface area contributed by atoms with Gasteiger partial charge in [-0.05, 0) is 29.3 Å². The van der Waals surface area contributed by atoms with Gasteiger partial charge >= 0.3 is 0 Å². The van der Waals surface area contributed by atoms with Crippen molar-refractivity contribution in [2.24, 2.45) is 0 Å². The maximum atomic E-state index is 12.5. The molecular weight excluding hydrogens is 270 g/mol. The first-order valence-electron chi connectivity index (χ1n) is 6.50. The fourth-order valence-electron chi connectivity index (χ4n) is 2.97. The first-order valence-corrected chi connectivity index (χ1v) is 7.49. The van der Waals surface area contributed by atoms with Crippen LogP contribution < -0.4 is 4.74 Å². The van der Waals surface area contributed by atoms with Crippen LogP contribution in [0.3, 0.4) is 0 Å². The van der Waals surface area contributed by atoms with Gasteiger partial charge in [-0.25, -0.2) is 0 Å². The molecule has 100 valence electrons. The van der Waals surface area contributed by atoms with Crippen molar-refractivity contribution < 1.29 is 9.53 Å². The van der Waals surface area contributed by atoms with Gasteiger partial charge < -0.3 is 9.64 Å². The normalized spacial score (nSPS) is 19.4. The van der Waals surface area contributed by atoms with E-state index in [0.29, 0.717) is 5.88 Å². The molecule has 0 N–H and O–H groups in total. The molecule has 2 aliphatic heterocycles. The molecule has 3 nitrogen and oxygen atoms in total. The fraction of sp³-hybridized carbons (Fsp3) is 0.188. The number of carbonyl (C=O) groups is 1. The quantitative estimate of drug-likeness (QED) is 0.804. The Morgan fingerprint density at radius 1 is 1.20 bits per heavy atom. The molecule has 1 amide bonds. The highest BCUT2D eigenvalue weighted by atomic mass is 32.2. The van der Waals surface area contributed by atoms with Gasteiger partial charge in [0.1, 0.15) is 5.75 Å². The number of thioether (sulfide) groups is 1. The summed E-state index contributed by atoms with van der Waals surface area (Å²) in [6.07, 6.45) is 0. The predicted octanol–water partition coefficient (Wildman–Crippen LogP) is 3.30. The van der Waals surface area contributed by atoms with Gasteiger partial charge in [0.15, 0.2) is 0 Å². The van der Waals surface area contributed by atoms with E-state index in [1.165, 1.54) is 10.5 Å². The fourth-order valence-corrected chi connectivity index (χ4v) is 4.06. The second-order valence-corrected chi connectivity index (χ2v) is 5.93. The molecule has 4 rings (SSSR count). The number of methoxy groups -OCH3 is 1. The van der Waals surface area contributed by atoms with E-state index in [9.17, 15) is 4.79 Å². The summed E-state index contributed by atoms with van der Waals surface area (Å²) in [6.45, 7) is 0. The number of carbonyl (C=O) groups excluding carboxylic acids is 1. The molecule has 0 saturated carbocycles. The highest BCUT2D eigenvalue weighted by Gasteiger charge is 2.40. The van der Waals surface area contributed by atoms with E-state index >= 15 is 0 Å². The molecule has 0 spiro atoms. The summed E-state index contributed by atoms with van der Waals surface area (Å²) >= 11 is 1.69. The molecule has 0 aromatic heterocycles. The van der Waals surface area contributed by atoms with Crippen LogP contribution in [0.25, 0.3) is 0 Å². The lowest BCUT2D eigenvalue weighted by atomic mass is 9.98. The Balaban J connectivity index is 1.90. The van der Waals surface area contributed by atoms with E-state index in [2.05, 4.69) is 18.2 Å². The second kappa shape index (κ2) is 4.28. The van der Waals surface area contributed by atoms with Crippen LogP contribution in [0.15, 0.2) is 47.4 Å². The number of rotatable bonds is 1. The molecule has 2 heterocycles. The maximum Gasteiger partial charge on any atom is 0.255 e. The van der Waals surface area contributed by atoms with Gasteiger partial charge in [-0.15, -0.1) is 11.8 Å². The van der Waals surface area contributed by atoms with E-state index in [4.69, 9.17) is 4.74 Å². The number of nitrogens with zero attached hydrogens (tertiary/aromatic N) is 1. The van der Waals surface area contributed by atoms with Crippen LogP contribution in [0.4, 0.5) is 0 Å². The zero-order chi connectivity index (χ0) is 13.7. The lowest BCUT2D eigenvalue weighted by Crippen LogP contribution is -2.31. The molecule has 0 bridgehead atoms. The lowest BCUT2D eigenvalue weighted by molar-refractivity contribution is 0.0779. The van der Waals surface area contributed by atoms with Gasteiger partial charge in [0.2, 0.25) is 0 Å². The average Bonchev–Trinajstić information content (AvgIpc) is 2.80. The lowest BCUT2D eigenvalue weighted by Gasteiger charge is -2.32. The average molecular weight is 283 g/mol. The van der Waals surface area contributed by atoms with Gasteiger partial charge in [-0.2, -0.15) is 0 Å². The van der Waals surface area contributed by atoms with Crippen LogP contribution in [-0.4, -0.2) is 23.8 Å². The standard InChI is InChI=1S/C16H13NO2S/c1-19-10-6-7-13-14(8-10)20-9-17-15(13)11-4-2-3-5-12(11)16(17)18/h2-8,15H,9H2,1H3. The first-order chi connectivity index (χ1) is 9.79. The molecular formula is C16H13NO2S. The minimum atomic E-state index is 0.0563. The van der Waals surface area contributed by atoms with Crippen molar-refractivity contribution in [2.75, 3.05) is 13.0 Å². The highest BCUT2D eigenvalue weighted by Crippen LogP contribution is 2.47. The Morgan fingerprint density at radius 2 is 2.05 bits per heavy atom. The number of benzene rings is 2. The van der Waals surface area contributed by atoms with Crippen molar-refractivity contribution in [2.45, 2.75) is 10.9 Å². The van der Waals surface area contributed by atoms with Crippen LogP contribution in [0, 0.1) is 0 Å². The van der Waals surface area contributed by atoms with Crippen LogP contribution in [-0.2, 0) is 0 Å². The van der Waals surface area contributed by atoms with Gasteiger partial charge in [-0.3, -0.25) is 4.79 Å². The molecule has 20 heavy (non-hydrogen) atoms. The Hall–Kier alpha value is -1.94. The minimum absolute atomic E-state index is 0.0563. The largest absolute Gasteiger partial charge is 0.497 e. The van der Waals surface area contributed by atoms with E-state index < -0.39 is 0 Å². The second-order valence-electron chi connectivity index (χ2n) is 4.94. The summed E-state index contributed by atoms with van der Waals surface area (Å²) < 4.78 is 5.29. The molecule has 2 aromatic carbocycles. The molecule has 0 aliphatic carbocycles. The Labute approximate surface area is 121 Å². The van der Waals surface area contributed by atoms with Gasteiger partial charge in [0, 0.05) is 10.5 Å². The van der Waals surface area contributed by atoms with Crippen LogP contribution in [0.2, 0.25) is 0 Å². The van der Waals surface area contributed by atoms with Crippen LogP contribution >= 0.6 is 11.8 Å². The first kappa shape index (κ1) is 11.9. The molecule has 2 aromatic rings. The zero-order valence-corrected chi connectivity index (χ0v) is 11.8. The van der Waals surface area contributed by atoms with Gasteiger partial charge in [0.05, 0.1) is 19.0 Å². The van der Waals surface area contributed by atoms with E-state index in [-0.39, 0.29) is 11.9 Å². The Kier molecular flexibility index (Phi) is 2.54. The summed E-state index contributed by atoms with van der Waals surface area (Å²) in [4.78, 5) is 15.6. The molecule has 2 aliphatic rings. The van der Waals surface area contributed by atoms with Crippen LogP contribution in [0.1, 0.15) is 27.5 Å². The van der Waals surface area contributed by atoms with E-state index in [1.54, 1.807) is 18.9 Å². The third-order valence-electron chi connectivity index (χ3n) is 3.93. The zero-order valence-electron chi connectivity index (χ0n) is 11.0. The number of fused-ring (bicyclic) bond motifs is 5. The summed E-state index contributed by atoms with van der Waals surface area (Å²) in [5.74, 6) is 1.69. The predicted molar refractivity (Wildman–Crippen MR) is 78.2 cm³/mol. The topological polar surface area (TPSA) is 29.5 Å². The highest BCUT2D eigenvalue weighted by molar-refractivity contribution is 7.99. The van der Waals surface area contributed by atoms with Crippen molar-refractivity contribution >= 4 is 17.7 Å². The van der Waals surface area contributed by atoms with E-state index in [0.717, 1.165) is 16.9 Å². The summed E-state index contributed by atoms with van der Waals surface area (Å²) in [5, 5.41) is 0. The minimum Gasteiger partial charge on any atom is -0.497 e.